The average molecular weight is 202 g/mol. The fourth-order valence-electron chi connectivity index (χ4n) is 0.724. The van der Waals surface area contributed by atoms with Crippen LogP contribution in [-0.4, -0.2) is 27.9 Å². The van der Waals surface area contributed by atoms with Crippen LogP contribution in [0.25, 0.3) is 0 Å². The highest BCUT2D eigenvalue weighted by molar-refractivity contribution is 6.27. The number of rotatable bonds is 6. The van der Waals surface area contributed by atoms with E-state index < -0.39 is 15.7 Å². The topological polar surface area (TPSA) is 35.5 Å². The Morgan fingerprint density at radius 1 is 1.62 bits per heavy atom. The summed E-state index contributed by atoms with van der Waals surface area (Å²) in [4.78, 5) is 10.7. The van der Waals surface area contributed by atoms with E-state index in [-0.39, 0.29) is 5.60 Å². The normalized spacial score (nSPS) is 11.9. The minimum absolute atomic E-state index is 0.296. The van der Waals surface area contributed by atoms with E-state index in [2.05, 4.69) is 13.5 Å². The molecule has 0 saturated carbocycles. The third-order valence-electron chi connectivity index (χ3n) is 1.43. The van der Waals surface area contributed by atoms with E-state index >= 15 is 0 Å². The molecule has 0 aromatic carbocycles. The van der Waals surface area contributed by atoms with Gasteiger partial charge in [-0.05, 0) is 19.9 Å². The lowest BCUT2D eigenvalue weighted by Crippen LogP contribution is -2.33. The molecular weight excluding hydrogens is 184 g/mol. The van der Waals surface area contributed by atoms with Gasteiger partial charge in [-0.15, -0.1) is 0 Å². The van der Waals surface area contributed by atoms with Crippen LogP contribution in [0.5, 0.6) is 0 Å². The zero-order valence-electron chi connectivity index (χ0n) is 8.63. The molecule has 3 nitrogen and oxygen atoms in total. The van der Waals surface area contributed by atoms with E-state index in [0.29, 0.717) is 6.61 Å². The molecule has 0 aliphatic rings. The van der Waals surface area contributed by atoms with Gasteiger partial charge in [0.15, 0.2) is 9.76 Å². The molecule has 0 aliphatic carbocycles. The van der Waals surface area contributed by atoms with Crippen LogP contribution in [0.1, 0.15) is 20.8 Å². The average Bonchev–Trinajstić information content (AvgIpc) is 2.11. The van der Waals surface area contributed by atoms with Crippen molar-refractivity contribution in [3.8, 4) is 0 Å². The highest BCUT2D eigenvalue weighted by Crippen LogP contribution is 2.09. The Morgan fingerprint density at radius 3 is 2.69 bits per heavy atom. The fourth-order valence-corrected chi connectivity index (χ4v) is 1.56. The Bertz CT molecular complexity index is 178. The van der Waals surface area contributed by atoms with Gasteiger partial charge in [-0.2, -0.15) is 0 Å². The number of esters is 1. The lowest BCUT2D eigenvalue weighted by Gasteiger charge is -2.24. The van der Waals surface area contributed by atoms with Gasteiger partial charge in [0, 0.05) is 6.08 Å². The first-order chi connectivity index (χ1) is 6.02. The van der Waals surface area contributed by atoms with Gasteiger partial charge in [0.25, 0.3) is 0 Å². The molecule has 0 aromatic rings. The number of carbonyl (C=O) groups excluding carboxylic acids is 1. The Kier molecular flexibility index (Phi) is 5.66. The second kappa shape index (κ2) is 5.94. The molecule has 13 heavy (non-hydrogen) atoms. The molecule has 0 amide bonds. The molecule has 4 heteroatoms. The first-order valence-electron chi connectivity index (χ1n) is 4.45. The molecular formula is C9H18O3Si. The molecule has 0 unspecified atom stereocenters. The molecule has 0 atom stereocenters. The second-order valence-corrected chi connectivity index (χ2v) is 5.12. The van der Waals surface area contributed by atoms with E-state index in [1.165, 1.54) is 0 Å². The van der Waals surface area contributed by atoms with E-state index in [1.54, 1.807) is 0 Å². The Hall–Kier alpha value is -0.613. The van der Waals surface area contributed by atoms with Crippen molar-refractivity contribution in [1.29, 1.82) is 0 Å². The summed E-state index contributed by atoms with van der Waals surface area (Å²) in [6.07, 6.45) is 1.16. The van der Waals surface area contributed by atoms with Crippen molar-refractivity contribution >= 4 is 15.7 Å². The Morgan fingerprint density at radius 2 is 2.23 bits per heavy atom. The van der Waals surface area contributed by atoms with Crippen molar-refractivity contribution in [3.63, 3.8) is 0 Å². The van der Waals surface area contributed by atoms with Gasteiger partial charge in [0.05, 0.1) is 5.60 Å². The molecule has 0 spiro atoms. The lowest BCUT2D eigenvalue weighted by molar-refractivity contribution is -0.142. The monoisotopic (exact) mass is 202 g/mol. The van der Waals surface area contributed by atoms with Crippen LogP contribution in [0.2, 0.25) is 6.04 Å². The predicted octanol–water partition coefficient (Wildman–Crippen LogP) is 1.03. The van der Waals surface area contributed by atoms with Crippen LogP contribution in [0, 0.1) is 0 Å². The van der Waals surface area contributed by atoms with Crippen molar-refractivity contribution in [2.45, 2.75) is 32.4 Å². The molecule has 0 aromatic heterocycles. The third-order valence-corrected chi connectivity index (χ3v) is 2.82. The molecule has 0 N–H and O–H groups in total. The van der Waals surface area contributed by atoms with Crippen molar-refractivity contribution < 1.29 is 14.0 Å². The summed E-state index contributed by atoms with van der Waals surface area (Å²) < 4.78 is 10.5. The van der Waals surface area contributed by atoms with Gasteiger partial charge in [-0.25, -0.2) is 4.79 Å². The van der Waals surface area contributed by atoms with Gasteiger partial charge in [0.1, 0.15) is 6.61 Å². The smallest absolute Gasteiger partial charge is 0.330 e. The summed E-state index contributed by atoms with van der Waals surface area (Å²) in [7, 11) is -0.451. The maximum absolute atomic E-state index is 10.7. The lowest BCUT2D eigenvalue weighted by atomic mass is 10.2. The van der Waals surface area contributed by atoms with Gasteiger partial charge < -0.3 is 9.16 Å². The zero-order chi connectivity index (χ0) is 10.3. The second-order valence-electron chi connectivity index (χ2n) is 3.42. The van der Waals surface area contributed by atoms with E-state index in [0.717, 1.165) is 12.1 Å². The number of hydrogen-bond acceptors (Lipinski definition) is 3. The first kappa shape index (κ1) is 12.4. The fraction of sp³-hybridized carbons (Fsp3) is 0.667. The van der Waals surface area contributed by atoms with Crippen molar-refractivity contribution in [2.75, 3.05) is 6.61 Å². The van der Waals surface area contributed by atoms with Crippen LogP contribution >= 0.6 is 0 Å². The zero-order valence-corrected chi connectivity index (χ0v) is 10.0. The maximum Gasteiger partial charge on any atom is 0.330 e. The van der Waals surface area contributed by atoms with E-state index in [1.807, 2.05) is 13.8 Å². The number of ether oxygens (including phenoxy) is 1. The van der Waals surface area contributed by atoms with Crippen LogP contribution in [0.15, 0.2) is 12.7 Å². The Labute approximate surface area is 82.1 Å². The minimum Gasteiger partial charge on any atom is -0.460 e. The quantitative estimate of drug-likeness (QED) is 0.367. The molecule has 0 aliphatic heterocycles. The SMILES string of the molecule is C=CC(=O)OCC(C)(C)O[SiH2]CC. The third kappa shape index (κ3) is 6.54. The predicted molar refractivity (Wildman–Crippen MR) is 55.3 cm³/mol. The molecule has 0 radical (unpaired) electrons. The van der Waals surface area contributed by atoms with Gasteiger partial charge in [-0.1, -0.05) is 13.5 Å². The maximum atomic E-state index is 10.7. The standard InChI is InChI=1S/C9H18O3Si/c1-5-8(10)11-7-9(3,4)12-13-6-2/h5H,1,6-7,13H2,2-4H3. The summed E-state index contributed by atoms with van der Waals surface area (Å²) >= 11 is 0. The molecule has 0 rings (SSSR count). The number of hydrogen-bond donors (Lipinski definition) is 0. The summed E-state index contributed by atoms with van der Waals surface area (Å²) in [6, 6.07) is 1.10. The van der Waals surface area contributed by atoms with Crippen LogP contribution in [0.3, 0.4) is 0 Å². The molecule has 0 bridgehead atoms. The van der Waals surface area contributed by atoms with Crippen LogP contribution in [-0.2, 0) is 14.0 Å². The molecule has 0 fully saturated rings. The summed E-state index contributed by atoms with van der Waals surface area (Å²) in [5.41, 5.74) is -0.346. The highest BCUT2D eigenvalue weighted by Gasteiger charge is 2.19. The van der Waals surface area contributed by atoms with Crippen LogP contribution < -0.4 is 0 Å². The van der Waals surface area contributed by atoms with E-state index in [4.69, 9.17) is 9.16 Å². The van der Waals surface area contributed by atoms with Gasteiger partial charge >= 0.3 is 5.97 Å². The van der Waals surface area contributed by atoms with E-state index in [9.17, 15) is 4.79 Å². The Balaban J connectivity index is 3.74. The van der Waals surface area contributed by atoms with Crippen molar-refractivity contribution in [2.24, 2.45) is 0 Å². The summed E-state index contributed by atoms with van der Waals surface area (Å²) in [5, 5.41) is 0. The largest absolute Gasteiger partial charge is 0.460 e. The summed E-state index contributed by atoms with van der Waals surface area (Å²) in [6.45, 7) is 9.55. The minimum atomic E-state index is -0.451. The molecule has 76 valence electrons. The molecule has 0 saturated heterocycles. The van der Waals surface area contributed by atoms with Crippen molar-refractivity contribution in [1.82, 2.24) is 0 Å². The molecule has 0 heterocycles. The number of carbonyl (C=O) groups is 1. The van der Waals surface area contributed by atoms with Gasteiger partial charge in [0.2, 0.25) is 0 Å². The van der Waals surface area contributed by atoms with Crippen molar-refractivity contribution in [3.05, 3.63) is 12.7 Å². The first-order valence-corrected chi connectivity index (χ1v) is 6.02. The highest BCUT2D eigenvalue weighted by atomic mass is 28.2. The van der Waals surface area contributed by atoms with Gasteiger partial charge in [-0.3, -0.25) is 0 Å². The summed E-state index contributed by atoms with van der Waals surface area (Å²) in [5.74, 6) is -0.394. The van der Waals surface area contributed by atoms with Crippen LogP contribution in [0.4, 0.5) is 0 Å².